The minimum atomic E-state index is -0.508. The van der Waals surface area contributed by atoms with E-state index in [9.17, 15) is 5.11 Å². The Morgan fingerprint density at radius 1 is 1.23 bits per heavy atom. The molecule has 0 saturated carbocycles. The third-order valence-corrected chi connectivity index (χ3v) is 3.74. The first kappa shape index (κ1) is 16.7. The zero-order valence-electron chi connectivity index (χ0n) is 12.9. The molecule has 0 amide bonds. The lowest BCUT2D eigenvalue weighted by molar-refractivity contribution is 0.107. The first-order valence-corrected chi connectivity index (χ1v) is 7.86. The molecule has 0 aromatic heterocycles. The van der Waals surface area contributed by atoms with E-state index in [1.165, 1.54) is 19.3 Å². The van der Waals surface area contributed by atoms with Crippen LogP contribution < -0.4 is 5.48 Å². The van der Waals surface area contributed by atoms with E-state index < -0.39 is 6.10 Å². The Hall–Kier alpha value is -1.69. The Kier molecular flexibility index (Phi) is 7.09. The molecular weight excluding hydrogens is 278 g/mol. The minimum absolute atomic E-state index is 0.276. The molecule has 22 heavy (non-hydrogen) atoms. The highest BCUT2D eigenvalue weighted by molar-refractivity contribution is 5.95. The van der Waals surface area contributed by atoms with E-state index >= 15 is 0 Å². The number of piperidine rings is 1. The Bertz CT molecular complexity index is 482. The number of aliphatic hydroxyl groups is 1. The van der Waals surface area contributed by atoms with Crippen LogP contribution in [-0.4, -0.2) is 53.3 Å². The average Bonchev–Trinajstić information content (AvgIpc) is 2.57. The molecule has 1 aromatic carbocycles. The summed E-state index contributed by atoms with van der Waals surface area (Å²) in [5.74, 6) is 0.349. The van der Waals surface area contributed by atoms with Gasteiger partial charge in [0.2, 0.25) is 0 Å². The highest BCUT2D eigenvalue weighted by Gasteiger charge is 2.14. The van der Waals surface area contributed by atoms with E-state index in [1.807, 2.05) is 36.4 Å². The SMILES string of the molecule is ONC(C=Cc1ccccc1)=NCC(O)CN1CCCCC1. The van der Waals surface area contributed by atoms with Gasteiger partial charge in [-0.3, -0.25) is 15.7 Å². The van der Waals surface area contributed by atoms with Gasteiger partial charge in [0.25, 0.3) is 0 Å². The number of hydrogen-bond acceptors (Lipinski definition) is 4. The molecule has 0 radical (unpaired) electrons. The summed E-state index contributed by atoms with van der Waals surface area (Å²) in [7, 11) is 0. The third-order valence-electron chi connectivity index (χ3n) is 3.74. The van der Waals surface area contributed by atoms with Crippen molar-refractivity contribution in [2.24, 2.45) is 4.99 Å². The van der Waals surface area contributed by atoms with Crippen LogP contribution in [0.15, 0.2) is 41.4 Å². The van der Waals surface area contributed by atoms with Crippen LogP contribution in [0.4, 0.5) is 0 Å². The molecule has 1 fully saturated rings. The molecular formula is C17H25N3O2. The largest absolute Gasteiger partial charge is 0.390 e. The van der Waals surface area contributed by atoms with Crippen molar-refractivity contribution >= 4 is 11.9 Å². The zero-order valence-corrected chi connectivity index (χ0v) is 12.9. The van der Waals surface area contributed by atoms with Gasteiger partial charge in [0.15, 0.2) is 0 Å². The van der Waals surface area contributed by atoms with Gasteiger partial charge in [-0.05, 0) is 37.6 Å². The molecule has 0 aliphatic carbocycles. The maximum atomic E-state index is 10.0. The highest BCUT2D eigenvalue weighted by atomic mass is 16.5. The first-order valence-electron chi connectivity index (χ1n) is 7.86. The van der Waals surface area contributed by atoms with E-state index in [0.29, 0.717) is 12.4 Å². The number of aliphatic hydroxyl groups excluding tert-OH is 1. The van der Waals surface area contributed by atoms with Crippen LogP contribution >= 0.6 is 0 Å². The van der Waals surface area contributed by atoms with Gasteiger partial charge in [0.05, 0.1) is 12.6 Å². The quantitative estimate of drug-likeness (QED) is 0.427. The van der Waals surface area contributed by atoms with Gasteiger partial charge in [-0.25, -0.2) is 0 Å². The summed E-state index contributed by atoms with van der Waals surface area (Å²) < 4.78 is 0. The first-order chi connectivity index (χ1) is 10.8. The fraction of sp³-hybridized carbons (Fsp3) is 0.471. The van der Waals surface area contributed by atoms with Crippen LogP contribution in [0.5, 0.6) is 0 Å². The molecule has 1 aliphatic rings. The number of hydroxylamine groups is 1. The van der Waals surface area contributed by atoms with Crippen molar-refractivity contribution in [3.05, 3.63) is 42.0 Å². The van der Waals surface area contributed by atoms with Crippen molar-refractivity contribution in [2.45, 2.75) is 25.4 Å². The van der Waals surface area contributed by atoms with Crippen LogP contribution in [0.2, 0.25) is 0 Å². The van der Waals surface area contributed by atoms with Crippen molar-refractivity contribution in [1.29, 1.82) is 0 Å². The van der Waals surface area contributed by atoms with Crippen molar-refractivity contribution in [3.8, 4) is 0 Å². The molecule has 1 aromatic rings. The van der Waals surface area contributed by atoms with Crippen molar-refractivity contribution < 1.29 is 10.3 Å². The molecule has 1 aliphatic heterocycles. The molecule has 120 valence electrons. The summed E-state index contributed by atoms with van der Waals surface area (Å²) in [5.41, 5.74) is 3.10. The molecule has 1 unspecified atom stereocenters. The molecule has 5 heteroatoms. The van der Waals surface area contributed by atoms with Gasteiger partial charge in [-0.2, -0.15) is 0 Å². The molecule has 1 heterocycles. The monoisotopic (exact) mass is 303 g/mol. The Balaban J connectivity index is 1.82. The van der Waals surface area contributed by atoms with Crippen LogP contribution in [0.1, 0.15) is 24.8 Å². The van der Waals surface area contributed by atoms with Crippen molar-refractivity contribution in [3.63, 3.8) is 0 Å². The summed E-state index contributed by atoms with van der Waals surface area (Å²) in [6, 6.07) is 9.79. The molecule has 1 saturated heterocycles. The second-order valence-electron chi connectivity index (χ2n) is 5.60. The zero-order chi connectivity index (χ0) is 15.6. The summed E-state index contributed by atoms with van der Waals surface area (Å²) >= 11 is 0. The molecule has 5 nitrogen and oxygen atoms in total. The number of nitrogens with zero attached hydrogens (tertiary/aromatic N) is 2. The maximum Gasteiger partial charge on any atom is 0.144 e. The second kappa shape index (κ2) is 9.35. The molecule has 0 bridgehead atoms. The van der Waals surface area contributed by atoms with Gasteiger partial charge in [0.1, 0.15) is 5.84 Å². The Morgan fingerprint density at radius 3 is 2.64 bits per heavy atom. The lowest BCUT2D eigenvalue weighted by Crippen LogP contribution is -2.37. The second-order valence-corrected chi connectivity index (χ2v) is 5.60. The van der Waals surface area contributed by atoms with Gasteiger partial charge in [-0.15, -0.1) is 0 Å². The van der Waals surface area contributed by atoms with E-state index in [0.717, 1.165) is 18.7 Å². The van der Waals surface area contributed by atoms with E-state index in [-0.39, 0.29) is 6.54 Å². The van der Waals surface area contributed by atoms with Crippen LogP contribution in [-0.2, 0) is 0 Å². The van der Waals surface area contributed by atoms with Crippen molar-refractivity contribution in [1.82, 2.24) is 10.4 Å². The number of benzene rings is 1. The maximum absolute atomic E-state index is 10.0. The normalized spacial score (nSPS) is 18.5. The van der Waals surface area contributed by atoms with E-state index in [4.69, 9.17) is 5.21 Å². The fourth-order valence-electron chi connectivity index (χ4n) is 2.57. The topological polar surface area (TPSA) is 68.1 Å². The van der Waals surface area contributed by atoms with E-state index in [1.54, 1.807) is 6.08 Å². The van der Waals surface area contributed by atoms with Gasteiger partial charge in [-0.1, -0.05) is 42.8 Å². The standard InChI is InChI=1S/C17H25N3O2/c21-16(14-20-11-5-2-6-12-20)13-18-17(19-22)10-9-15-7-3-1-4-8-15/h1,3-4,7-10,16,21-22H,2,5-6,11-14H2,(H,18,19). The van der Waals surface area contributed by atoms with Gasteiger partial charge in [0, 0.05) is 6.54 Å². The predicted octanol–water partition coefficient (Wildman–Crippen LogP) is 1.92. The summed E-state index contributed by atoms with van der Waals surface area (Å²) in [6.07, 6.45) is 6.75. The number of β-amino-alcohol motifs (C(OH)–C–C–N with tert-alkyl or cyclic N) is 1. The lowest BCUT2D eigenvalue weighted by atomic mass is 10.1. The Labute approximate surface area is 131 Å². The summed E-state index contributed by atoms with van der Waals surface area (Å²) in [6.45, 7) is 3.03. The summed E-state index contributed by atoms with van der Waals surface area (Å²) in [4.78, 5) is 6.49. The van der Waals surface area contributed by atoms with Crippen molar-refractivity contribution in [2.75, 3.05) is 26.2 Å². The predicted molar refractivity (Wildman–Crippen MR) is 89.0 cm³/mol. The fourth-order valence-corrected chi connectivity index (χ4v) is 2.57. The number of aliphatic imine (C=N–C) groups is 1. The third kappa shape index (κ3) is 5.97. The number of rotatable bonds is 6. The van der Waals surface area contributed by atoms with Crippen LogP contribution in [0, 0.1) is 0 Å². The number of nitrogens with one attached hydrogen (secondary N) is 1. The minimum Gasteiger partial charge on any atom is -0.390 e. The number of hydrogen-bond donors (Lipinski definition) is 3. The molecule has 1 atom stereocenters. The number of likely N-dealkylation sites (tertiary alicyclic amines) is 1. The van der Waals surface area contributed by atoms with Gasteiger partial charge < -0.3 is 10.0 Å². The number of amidine groups is 1. The highest BCUT2D eigenvalue weighted by Crippen LogP contribution is 2.09. The van der Waals surface area contributed by atoms with Gasteiger partial charge >= 0.3 is 0 Å². The average molecular weight is 303 g/mol. The van der Waals surface area contributed by atoms with E-state index in [2.05, 4.69) is 15.4 Å². The van der Waals surface area contributed by atoms with Crippen LogP contribution in [0.3, 0.4) is 0 Å². The summed E-state index contributed by atoms with van der Waals surface area (Å²) in [5, 5.41) is 19.2. The molecule has 3 N–H and O–H groups in total. The Morgan fingerprint density at radius 2 is 1.95 bits per heavy atom. The lowest BCUT2D eigenvalue weighted by Gasteiger charge is -2.27. The smallest absolute Gasteiger partial charge is 0.144 e. The molecule has 0 spiro atoms. The molecule has 2 rings (SSSR count). The van der Waals surface area contributed by atoms with Crippen LogP contribution in [0.25, 0.3) is 6.08 Å².